The Hall–Kier alpha value is -2.18. The summed E-state index contributed by atoms with van der Waals surface area (Å²) in [6.07, 6.45) is 4.19. The average molecular weight is 410 g/mol. The molecule has 30 heavy (non-hydrogen) atoms. The lowest BCUT2D eigenvalue weighted by Gasteiger charge is -2.37. The van der Waals surface area contributed by atoms with E-state index in [9.17, 15) is 14.7 Å². The van der Waals surface area contributed by atoms with Crippen LogP contribution in [-0.4, -0.2) is 45.7 Å². The summed E-state index contributed by atoms with van der Waals surface area (Å²) in [6, 6.07) is 9.88. The first-order valence-corrected chi connectivity index (χ1v) is 11.3. The number of aromatic nitrogens is 1. The minimum Gasteiger partial charge on any atom is -0.391 e. The van der Waals surface area contributed by atoms with Gasteiger partial charge in [-0.1, -0.05) is 24.6 Å². The van der Waals surface area contributed by atoms with Gasteiger partial charge in [-0.25, -0.2) is 0 Å². The van der Waals surface area contributed by atoms with Gasteiger partial charge in [0.1, 0.15) is 0 Å². The van der Waals surface area contributed by atoms with Crippen molar-refractivity contribution in [1.29, 1.82) is 0 Å². The molecule has 2 N–H and O–H groups in total. The highest BCUT2D eigenvalue weighted by atomic mass is 16.3. The van der Waals surface area contributed by atoms with E-state index in [1.807, 2.05) is 37.4 Å². The number of nitrogens with zero attached hydrogens (tertiary/aromatic N) is 2. The van der Waals surface area contributed by atoms with Gasteiger partial charge in [-0.3, -0.25) is 14.5 Å². The van der Waals surface area contributed by atoms with E-state index in [4.69, 9.17) is 0 Å². The minimum absolute atomic E-state index is 0.0641. The number of fused-ring (bicyclic) bond motifs is 2. The third kappa shape index (κ3) is 3.56. The van der Waals surface area contributed by atoms with E-state index in [2.05, 4.69) is 10.2 Å². The fraction of sp³-hybridized carbons (Fsp3) is 0.583. The van der Waals surface area contributed by atoms with Gasteiger partial charge in [0.2, 0.25) is 5.91 Å². The molecule has 6 heteroatoms. The van der Waals surface area contributed by atoms with Gasteiger partial charge in [-0.15, -0.1) is 0 Å². The van der Waals surface area contributed by atoms with Gasteiger partial charge in [0.05, 0.1) is 17.7 Å². The molecule has 2 aliphatic carbocycles. The number of para-hydroxylation sites is 1. The Morgan fingerprint density at radius 3 is 2.63 bits per heavy atom. The van der Waals surface area contributed by atoms with Crippen LogP contribution in [0.15, 0.2) is 35.1 Å². The molecule has 2 aromatic rings. The Morgan fingerprint density at radius 2 is 1.90 bits per heavy atom. The van der Waals surface area contributed by atoms with Crippen LogP contribution in [-0.2, 0) is 18.4 Å². The predicted octanol–water partition coefficient (Wildman–Crippen LogP) is 2.03. The van der Waals surface area contributed by atoms with Crippen molar-refractivity contribution in [2.75, 3.05) is 13.1 Å². The zero-order chi connectivity index (χ0) is 20.8. The lowest BCUT2D eigenvalue weighted by Crippen LogP contribution is -2.51. The molecule has 0 unspecified atom stereocenters. The molecule has 3 aliphatic rings. The van der Waals surface area contributed by atoms with Gasteiger partial charge in [-0.2, -0.15) is 0 Å². The van der Waals surface area contributed by atoms with Crippen molar-refractivity contribution >= 4 is 16.8 Å². The SMILES string of the molecule is Cn1c(=O)c(CN2C[C@H]3C[C@H](O)[C@@H](NC(=O)C4CCC4)C[C@H]3C2)cc2ccccc21. The van der Waals surface area contributed by atoms with Gasteiger partial charge >= 0.3 is 0 Å². The predicted molar refractivity (Wildman–Crippen MR) is 116 cm³/mol. The summed E-state index contributed by atoms with van der Waals surface area (Å²) < 4.78 is 1.74. The summed E-state index contributed by atoms with van der Waals surface area (Å²) in [7, 11) is 1.84. The van der Waals surface area contributed by atoms with E-state index in [0.29, 0.717) is 18.4 Å². The van der Waals surface area contributed by atoms with Crippen LogP contribution in [0.1, 0.15) is 37.7 Å². The highest BCUT2D eigenvalue weighted by Crippen LogP contribution is 2.37. The number of aliphatic hydroxyl groups excluding tert-OH is 1. The molecule has 2 saturated carbocycles. The van der Waals surface area contributed by atoms with Crippen molar-refractivity contribution in [3.8, 4) is 0 Å². The zero-order valence-corrected chi connectivity index (χ0v) is 17.6. The molecule has 5 rings (SSSR count). The molecule has 4 atom stereocenters. The first-order chi connectivity index (χ1) is 14.5. The molecular weight excluding hydrogens is 378 g/mol. The second kappa shape index (κ2) is 7.82. The molecule has 0 spiro atoms. The van der Waals surface area contributed by atoms with Crippen LogP contribution in [0.25, 0.3) is 10.9 Å². The van der Waals surface area contributed by atoms with Gasteiger partial charge in [-0.05, 0) is 55.0 Å². The first-order valence-electron chi connectivity index (χ1n) is 11.3. The smallest absolute Gasteiger partial charge is 0.255 e. The van der Waals surface area contributed by atoms with Gasteiger partial charge in [0.25, 0.3) is 5.56 Å². The summed E-state index contributed by atoms with van der Waals surface area (Å²) in [5, 5.41) is 14.8. The normalized spacial score (nSPS) is 29.5. The summed E-state index contributed by atoms with van der Waals surface area (Å²) in [6.45, 7) is 2.46. The van der Waals surface area contributed by atoms with Crippen LogP contribution in [0.2, 0.25) is 0 Å². The van der Waals surface area contributed by atoms with Crippen molar-refractivity contribution in [3.05, 3.63) is 46.2 Å². The van der Waals surface area contributed by atoms with Gasteiger partial charge < -0.3 is 15.0 Å². The molecule has 2 heterocycles. The number of benzene rings is 1. The minimum atomic E-state index is -0.469. The number of aryl methyl sites for hydroxylation is 1. The van der Waals surface area contributed by atoms with E-state index in [1.165, 1.54) is 0 Å². The fourth-order valence-corrected chi connectivity index (χ4v) is 5.63. The maximum absolute atomic E-state index is 12.9. The largest absolute Gasteiger partial charge is 0.391 e. The topological polar surface area (TPSA) is 74.6 Å². The fourth-order valence-electron chi connectivity index (χ4n) is 5.63. The average Bonchev–Trinajstić information content (AvgIpc) is 3.05. The first kappa shape index (κ1) is 19.8. The molecule has 0 bridgehead atoms. The molecule has 3 fully saturated rings. The number of nitrogens with one attached hydrogen (secondary N) is 1. The van der Waals surface area contributed by atoms with Crippen LogP contribution < -0.4 is 10.9 Å². The number of aliphatic hydroxyl groups is 1. The molecule has 1 aromatic heterocycles. The lowest BCUT2D eigenvalue weighted by molar-refractivity contribution is -0.129. The molecule has 1 aliphatic heterocycles. The quantitative estimate of drug-likeness (QED) is 0.810. The number of rotatable bonds is 4. The van der Waals surface area contributed by atoms with Crippen LogP contribution in [0.5, 0.6) is 0 Å². The van der Waals surface area contributed by atoms with Crippen molar-refractivity contribution in [1.82, 2.24) is 14.8 Å². The highest BCUT2D eigenvalue weighted by Gasteiger charge is 2.42. The molecule has 1 amide bonds. The van der Waals surface area contributed by atoms with Crippen LogP contribution >= 0.6 is 0 Å². The van der Waals surface area contributed by atoms with Crippen molar-refractivity contribution in [2.45, 2.75) is 50.8 Å². The third-order valence-electron chi connectivity index (χ3n) is 7.62. The number of carbonyl (C=O) groups is 1. The summed E-state index contributed by atoms with van der Waals surface area (Å²) >= 11 is 0. The van der Waals surface area contributed by atoms with Crippen molar-refractivity contribution in [2.24, 2.45) is 24.8 Å². The Kier molecular flexibility index (Phi) is 5.15. The molecule has 1 aromatic carbocycles. The second-order valence-electron chi connectivity index (χ2n) is 9.59. The molecule has 0 radical (unpaired) electrons. The Bertz CT molecular complexity index is 1010. The van der Waals surface area contributed by atoms with E-state index >= 15 is 0 Å². The number of pyridine rings is 1. The number of carbonyl (C=O) groups excluding carboxylic acids is 1. The maximum atomic E-state index is 12.9. The summed E-state index contributed by atoms with van der Waals surface area (Å²) in [4.78, 5) is 27.6. The molecular formula is C24H31N3O3. The van der Waals surface area contributed by atoms with Crippen LogP contribution in [0, 0.1) is 17.8 Å². The van der Waals surface area contributed by atoms with Gasteiger partial charge in [0, 0.05) is 38.2 Å². The summed E-state index contributed by atoms with van der Waals surface area (Å²) in [5.74, 6) is 1.17. The zero-order valence-electron chi connectivity index (χ0n) is 17.6. The Morgan fingerprint density at radius 1 is 1.17 bits per heavy atom. The number of hydrogen-bond acceptors (Lipinski definition) is 4. The van der Waals surface area contributed by atoms with Crippen molar-refractivity contribution in [3.63, 3.8) is 0 Å². The van der Waals surface area contributed by atoms with E-state index in [0.717, 1.165) is 61.7 Å². The molecule has 6 nitrogen and oxygen atoms in total. The highest BCUT2D eigenvalue weighted by molar-refractivity contribution is 5.80. The standard InChI is InChI=1S/C24H31N3O3/c1-26-21-8-3-2-5-16(21)9-19(24(26)30)14-27-12-17-10-20(22(28)11-18(17)13-27)25-23(29)15-6-4-7-15/h2-3,5,8-9,15,17-18,20,22,28H,4,6-7,10-14H2,1H3,(H,25,29)/t17-,18+,20-,22-/m0/s1. The van der Waals surface area contributed by atoms with Crippen LogP contribution in [0.4, 0.5) is 0 Å². The summed E-state index contributed by atoms with van der Waals surface area (Å²) in [5.41, 5.74) is 1.84. The van der Waals surface area contributed by atoms with E-state index in [1.54, 1.807) is 4.57 Å². The Balaban J connectivity index is 1.27. The molecule has 1 saturated heterocycles. The lowest BCUT2D eigenvalue weighted by atomic mass is 9.77. The van der Waals surface area contributed by atoms with E-state index in [-0.39, 0.29) is 23.4 Å². The second-order valence-corrected chi connectivity index (χ2v) is 9.59. The van der Waals surface area contributed by atoms with E-state index < -0.39 is 6.10 Å². The van der Waals surface area contributed by atoms with Crippen molar-refractivity contribution < 1.29 is 9.90 Å². The number of amides is 1. The number of hydrogen-bond donors (Lipinski definition) is 2. The number of likely N-dealkylation sites (tertiary alicyclic amines) is 1. The molecule has 160 valence electrons. The maximum Gasteiger partial charge on any atom is 0.255 e. The van der Waals surface area contributed by atoms with Crippen LogP contribution in [0.3, 0.4) is 0 Å². The van der Waals surface area contributed by atoms with Gasteiger partial charge in [0.15, 0.2) is 0 Å². The monoisotopic (exact) mass is 409 g/mol. The third-order valence-corrected chi connectivity index (χ3v) is 7.62. The Labute approximate surface area is 176 Å².